The number of H-pyrrole nitrogens is 1. The first-order valence-electron chi connectivity index (χ1n) is 9.54. The lowest BCUT2D eigenvalue weighted by Crippen LogP contribution is -2.28. The van der Waals surface area contributed by atoms with E-state index < -0.39 is 11.5 Å². The SMILES string of the molecule is Cc1[nH]c(=O)c(C#N)c(C)c1CCC(=O)OCC(=O)NCc1ccc(N(C)C)cc1. The van der Waals surface area contributed by atoms with Crippen molar-refractivity contribution in [3.8, 4) is 6.07 Å². The number of ether oxygens (including phenoxy) is 1. The van der Waals surface area contributed by atoms with E-state index in [9.17, 15) is 14.4 Å². The number of benzene rings is 1. The van der Waals surface area contributed by atoms with E-state index in [1.807, 2.05) is 49.3 Å². The van der Waals surface area contributed by atoms with Crippen LogP contribution in [-0.4, -0.2) is 37.6 Å². The molecule has 2 rings (SSSR count). The number of rotatable bonds is 8. The fourth-order valence-electron chi connectivity index (χ4n) is 3.03. The molecule has 0 radical (unpaired) electrons. The highest BCUT2D eigenvalue weighted by Crippen LogP contribution is 2.15. The van der Waals surface area contributed by atoms with Crippen molar-refractivity contribution in [2.45, 2.75) is 33.2 Å². The molecule has 2 N–H and O–H groups in total. The first-order valence-corrected chi connectivity index (χ1v) is 9.54. The summed E-state index contributed by atoms with van der Waals surface area (Å²) in [5.41, 5.74) is 3.51. The second-order valence-electron chi connectivity index (χ2n) is 7.17. The van der Waals surface area contributed by atoms with Crippen LogP contribution in [-0.2, 0) is 27.3 Å². The van der Waals surface area contributed by atoms with E-state index >= 15 is 0 Å². The van der Waals surface area contributed by atoms with Crippen LogP contribution < -0.4 is 15.8 Å². The van der Waals surface area contributed by atoms with Gasteiger partial charge in [-0.25, -0.2) is 0 Å². The van der Waals surface area contributed by atoms with Gasteiger partial charge in [0, 0.05) is 38.4 Å². The Balaban J connectivity index is 1.80. The zero-order valence-electron chi connectivity index (χ0n) is 17.7. The van der Waals surface area contributed by atoms with Crippen molar-refractivity contribution in [3.63, 3.8) is 0 Å². The van der Waals surface area contributed by atoms with E-state index in [2.05, 4.69) is 10.3 Å². The lowest BCUT2D eigenvalue weighted by molar-refractivity contribution is -0.148. The minimum atomic E-state index is -0.524. The van der Waals surface area contributed by atoms with Gasteiger partial charge in [0.05, 0.1) is 0 Å². The summed E-state index contributed by atoms with van der Waals surface area (Å²) >= 11 is 0. The van der Waals surface area contributed by atoms with Crippen LogP contribution in [0.2, 0.25) is 0 Å². The van der Waals surface area contributed by atoms with Crippen molar-refractivity contribution < 1.29 is 14.3 Å². The van der Waals surface area contributed by atoms with Gasteiger partial charge in [0.25, 0.3) is 11.5 Å². The number of aryl methyl sites for hydroxylation is 1. The van der Waals surface area contributed by atoms with Crippen molar-refractivity contribution in [2.24, 2.45) is 0 Å². The Kier molecular flexibility index (Phi) is 7.76. The number of nitrogens with zero attached hydrogens (tertiary/aromatic N) is 2. The molecule has 8 heteroatoms. The van der Waals surface area contributed by atoms with Crippen LogP contribution in [0.5, 0.6) is 0 Å². The average Bonchev–Trinajstić information content (AvgIpc) is 2.70. The van der Waals surface area contributed by atoms with E-state index in [0.29, 0.717) is 24.2 Å². The molecular weight excluding hydrogens is 384 g/mol. The number of pyridine rings is 1. The molecule has 0 aliphatic carbocycles. The van der Waals surface area contributed by atoms with Gasteiger partial charge >= 0.3 is 5.97 Å². The summed E-state index contributed by atoms with van der Waals surface area (Å²) < 4.78 is 5.03. The molecule has 0 unspecified atom stereocenters. The van der Waals surface area contributed by atoms with Crippen molar-refractivity contribution in [1.82, 2.24) is 10.3 Å². The number of anilines is 1. The van der Waals surface area contributed by atoms with E-state index in [-0.39, 0.29) is 24.5 Å². The maximum Gasteiger partial charge on any atom is 0.306 e. The third-order valence-corrected chi connectivity index (χ3v) is 4.81. The summed E-state index contributed by atoms with van der Waals surface area (Å²) in [5.74, 6) is -0.910. The monoisotopic (exact) mass is 410 g/mol. The van der Waals surface area contributed by atoms with Gasteiger partial charge in [0.1, 0.15) is 11.6 Å². The van der Waals surface area contributed by atoms with Crippen LogP contribution in [0.4, 0.5) is 5.69 Å². The molecule has 0 aliphatic heterocycles. The molecule has 8 nitrogen and oxygen atoms in total. The van der Waals surface area contributed by atoms with Crippen molar-refractivity contribution in [3.05, 3.63) is 62.6 Å². The summed E-state index contributed by atoms with van der Waals surface area (Å²) in [6, 6.07) is 9.64. The van der Waals surface area contributed by atoms with Gasteiger partial charge in [0.2, 0.25) is 0 Å². The summed E-state index contributed by atoms with van der Waals surface area (Å²) in [7, 11) is 3.90. The van der Waals surface area contributed by atoms with Crippen molar-refractivity contribution in [2.75, 3.05) is 25.6 Å². The van der Waals surface area contributed by atoms with Crippen LogP contribution in [0.1, 0.15) is 34.4 Å². The second-order valence-corrected chi connectivity index (χ2v) is 7.17. The van der Waals surface area contributed by atoms with E-state index in [1.54, 1.807) is 13.8 Å². The van der Waals surface area contributed by atoms with Crippen LogP contribution in [0.15, 0.2) is 29.1 Å². The Labute approximate surface area is 175 Å². The van der Waals surface area contributed by atoms with Crippen LogP contribution in [0.25, 0.3) is 0 Å². The largest absolute Gasteiger partial charge is 0.456 e. The molecule has 0 atom stereocenters. The van der Waals surface area contributed by atoms with Crippen molar-refractivity contribution in [1.29, 1.82) is 5.26 Å². The molecule has 2 aromatic rings. The highest BCUT2D eigenvalue weighted by atomic mass is 16.5. The molecule has 0 aliphatic rings. The molecule has 0 bridgehead atoms. The summed E-state index contributed by atoms with van der Waals surface area (Å²) in [6.07, 6.45) is 0.347. The van der Waals surface area contributed by atoms with E-state index in [0.717, 1.165) is 16.8 Å². The Bertz CT molecular complexity index is 1020. The van der Waals surface area contributed by atoms with Gasteiger partial charge in [-0.15, -0.1) is 0 Å². The summed E-state index contributed by atoms with van der Waals surface area (Å²) in [6.45, 7) is 3.38. The molecule has 1 aromatic heterocycles. The Morgan fingerprint density at radius 3 is 2.47 bits per heavy atom. The number of carbonyl (C=O) groups excluding carboxylic acids is 2. The lowest BCUT2D eigenvalue weighted by Gasteiger charge is -2.13. The Morgan fingerprint density at radius 2 is 1.87 bits per heavy atom. The standard InChI is InChI=1S/C22H26N4O4/c1-14-18(15(2)25-22(29)19(14)11-23)9-10-21(28)30-13-20(27)24-12-16-5-7-17(8-6-16)26(3)4/h5-8H,9-10,12-13H2,1-4H3,(H,24,27)(H,25,29). The quantitative estimate of drug-likeness (QED) is 0.641. The number of nitriles is 1. The van der Waals surface area contributed by atoms with Gasteiger partial charge < -0.3 is 19.9 Å². The number of carbonyl (C=O) groups is 2. The molecular formula is C22H26N4O4. The number of hydrogen-bond acceptors (Lipinski definition) is 6. The van der Waals surface area contributed by atoms with E-state index in [1.165, 1.54) is 0 Å². The summed E-state index contributed by atoms with van der Waals surface area (Å²) in [5, 5.41) is 11.8. The van der Waals surface area contributed by atoms with Crippen LogP contribution in [0, 0.1) is 25.2 Å². The molecule has 1 aromatic carbocycles. The minimum absolute atomic E-state index is 0.0396. The zero-order valence-corrected chi connectivity index (χ0v) is 17.7. The van der Waals surface area contributed by atoms with Gasteiger partial charge in [-0.2, -0.15) is 5.26 Å². The number of hydrogen-bond donors (Lipinski definition) is 2. The fourth-order valence-corrected chi connectivity index (χ4v) is 3.03. The first kappa shape index (κ1) is 22.7. The average molecular weight is 410 g/mol. The number of aromatic nitrogens is 1. The van der Waals surface area contributed by atoms with Crippen LogP contribution >= 0.6 is 0 Å². The lowest BCUT2D eigenvalue weighted by atomic mass is 9.99. The number of nitrogens with one attached hydrogen (secondary N) is 2. The summed E-state index contributed by atoms with van der Waals surface area (Å²) in [4.78, 5) is 40.3. The fraction of sp³-hybridized carbons (Fsp3) is 0.364. The highest BCUT2D eigenvalue weighted by Gasteiger charge is 2.14. The highest BCUT2D eigenvalue weighted by molar-refractivity contribution is 5.80. The third-order valence-electron chi connectivity index (χ3n) is 4.81. The Hall–Kier alpha value is -3.60. The number of aromatic amines is 1. The molecule has 1 amide bonds. The topological polar surface area (TPSA) is 115 Å². The van der Waals surface area contributed by atoms with Gasteiger partial charge in [-0.3, -0.25) is 14.4 Å². The normalized spacial score (nSPS) is 10.2. The molecule has 158 valence electrons. The zero-order chi connectivity index (χ0) is 22.3. The molecule has 0 spiro atoms. The number of esters is 1. The second kappa shape index (κ2) is 10.3. The van der Waals surface area contributed by atoms with Crippen molar-refractivity contribution >= 4 is 17.6 Å². The van der Waals surface area contributed by atoms with Gasteiger partial charge in [-0.1, -0.05) is 12.1 Å². The van der Waals surface area contributed by atoms with E-state index in [4.69, 9.17) is 10.00 Å². The smallest absolute Gasteiger partial charge is 0.306 e. The Morgan fingerprint density at radius 1 is 1.20 bits per heavy atom. The predicted molar refractivity (Wildman–Crippen MR) is 113 cm³/mol. The predicted octanol–water partition coefficient (Wildman–Crippen LogP) is 1.72. The van der Waals surface area contributed by atoms with Crippen LogP contribution in [0.3, 0.4) is 0 Å². The third kappa shape index (κ3) is 5.95. The molecule has 0 saturated carbocycles. The minimum Gasteiger partial charge on any atom is -0.456 e. The first-order chi connectivity index (χ1) is 14.2. The molecule has 1 heterocycles. The van der Waals surface area contributed by atoms with Gasteiger partial charge in [-0.05, 0) is 49.1 Å². The van der Waals surface area contributed by atoms with Gasteiger partial charge in [0.15, 0.2) is 6.61 Å². The maximum atomic E-state index is 12.0. The maximum absolute atomic E-state index is 12.0. The molecule has 30 heavy (non-hydrogen) atoms. The number of amides is 1. The molecule has 0 fully saturated rings. The molecule has 0 saturated heterocycles.